The smallest absolute Gasteiger partial charge is 0.492 e. The molecule has 1 aliphatic rings. The van der Waals surface area contributed by atoms with Crippen molar-refractivity contribution in [3.05, 3.63) is 31.2 Å². The molecule has 1 aliphatic carbocycles. The average molecular weight is 186 g/mol. The van der Waals surface area contributed by atoms with Crippen molar-refractivity contribution in [2.24, 2.45) is 0 Å². The van der Waals surface area contributed by atoms with Gasteiger partial charge in [0.25, 0.3) is 0 Å². The van der Waals surface area contributed by atoms with Crippen LogP contribution >= 0.6 is 0 Å². The van der Waals surface area contributed by atoms with Gasteiger partial charge < -0.3 is 4.74 Å². The third-order valence-corrected chi connectivity index (χ3v) is 0.814. The van der Waals surface area contributed by atoms with E-state index in [9.17, 15) is 4.79 Å². The molecule has 0 radical (unpaired) electrons. The Morgan fingerprint density at radius 3 is 2.36 bits per heavy atom. The summed E-state index contributed by atoms with van der Waals surface area (Å²) in [4.78, 5) is 9.48. The van der Waals surface area contributed by atoms with Gasteiger partial charge in [-0.1, -0.05) is 0 Å². The summed E-state index contributed by atoms with van der Waals surface area (Å²) in [6.07, 6.45) is 10.0. The van der Waals surface area contributed by atoms with Crippen molar-refractivity contribution >= 4 is 5.97 Å². The summed E-state index contributed by atoms with van der Waals surface area (Å²) in [5.41, 5.74) is 0. The Labute approximate surface area is 82.2 Å². The fourth-order valence-electron chi connectivity index (χ4n) is 0.340. The van der Waals surface area contributed by atoms with Crippen molar-refractivity contribution in [3.63, 3.8) is 0 Å². The van der Waals surface area contributed by atoms with Crippen molar-refractivity contribution in [1.82, 2.24) is 0 Å². The molecule has 0 aromatic carbocycles. The molecular formula is C8H10O2Ti. The number of hydrogen-bond acceptors (Lipinski definition) is 2. The maximum Gasteiger partial charge on any atom is 2.00 e. The zero-order valence-electron chi connectivity index (χ0n) is 6.46. The van der Waals surface area contributed by atoms with Crippen LogP contribution in [0.3, 0.4) is 0 Å². The molecule has 0 amide bonds. The summed E-state index contributed by atoms with van der Waals surface area (Å²) in [5.74, 6) is -0.495. The third kappa shape index (κ3) is 12.7. The van der Waals surface area contributed by atoms with E-state index < -0.39 is 5.97 Å². The predicted octanol–water partition coefficient (Wildman–Crippen LogP) is 1.30. The first-order chi connectivity index (χ1) is 4.77. The normalized spacial score (nSPS) is 11.0. The van der Waals surface area contributed by atoms with Crippen molar-refractivity contribution in [2.45, 2.75) is 6.42 Å². The fourth-order valence-corrected chi connectivity index (χ4v) is 0.340. The first-order valence-electron chi connectivity index (χ1n) is 2.89. The van der Waals surface area contributed by atoms with Gasteiger partial charge in [-0.15, -0.1) is 6.42 Å². The number of allylic oxidation sites excluding steroid dienone is 4. The van der Waals surface area contributed by atoms with Gasteiger partial charge in [0.2, 0.25) is 0 Å². The molecule has 0 aromatic heterocycles. The van der Waals surface area contributed by atoms with Gasteiger partial charge in [0.05, 0.1) is 7.11 Å². The Morgan fingerprint density at radius 2 is 2.27 bits per heavy atom. The van der Waals surface area contributed by atoms with Crippen LogP contribution in [0, 0.1) is 13.0 Å². The van der Waals surface area contributed by atoms with Crippen LogP contribution in [0.2, 0.25) is 0 Å². The molecule has 0 aliphatic heterocycles. The minimum Gasteiger partial charge on any atom is -0.492 e. The van der Waals surface area contributed by atoms with Crippen molar-refractivity contribution in [1.29, 1.82) is 0 Å². The van der Waals surface area contributed by atoms with E-state index in [1.54, 1.807) is 0 Å². The number of carbonyl (C=O) groups is 1. The van der Waals surface area contributed by atoms with E-state index >= 15 is 0 Å². The summed E-state index contributed by atoms with van der Waals surface area (Å²) in [5, 5.41) is 0. The Morgan fingerprint density at radius 1 is 1.73 bits per heavy atom. The van der Waals surface area contributed by atoms with Crippen LogP contribution < -0.4 is 0 Å². The molecule has 11 heavy (non-hydrogen) atoms. The number of ether oxygens (including phenoxy) is 1. The Bertz CT molecular complexity index is 140. The summed E-state index contributed by atoms with van der Waals surface area (Å²) in [6, 6.07) is 0. The van der Waals surface area contributed by atoms with Gasteiger partial charge in [-0.05, 0) is 0 Å². The number of methoxy groups -OCH3 is 1. The first-order valence-corrected chi connectivity index (χ1v) is 2.89. The summed E-state index contributed by atoms with van der Waals surface area (Å²) in [7, 11) is 1.29. The minimum absolute atomic E-state index is 0. The van der Waals surface area contributed by atoms with E-state index in [-0.39, 0.29) is 21.7 Å². The number of esters is 1. The fraction of sp³-hybridized carbons (Fsp3) is 0.250. The molecule has 0 bridgehead atoms. The van der Waals surface area contributed by atoms with Crippen LogP contribution in [0.5, 0.6) is 0 Å². The molecule has 2 nitrogen and oxygen atoms in total. The van der Waals surface area contributed by atoms with Crippen molar-refractivity contribution in [2.75, 3.05) is 7.11 Å². The van der Waals surface area contributed by atoms with Crippen LogP contribution in [0.25, 0.3) is 0 Å². The number of rotatable bonds is 0. The summed E-state index contributed by atoms with van der Waals surface area (Å²) >= 11 is 0. The van der Waals surface area contributed by atoms with E-state index in [2.05, 4.69) is 23.8 Å². The monoisotopic (exact) mass is 186 g/mol. The minimum atomic E-state index is -0.495. The second-order valence-electron chi connectivity index (χ2n) is 1.58. The molecule has 0 aromatic rings. The molecular weight excluding hydrogens is 176 g/mol. The number of carbonyl (C=O) groups excluding carboxylic acids is 1. The molecule has 0 fully saturated rings. The molecule has 0 unspecified atom stereocenters. The van der Waals surface area contributed by atoms with E-state index in [1.807, 2.05) is 12.2 Å². The summed E-state index contributed by atoms with van der Waals surface area (Å²) in [6.45, 7) is 2.90. The van der Waals surface area contributed by atoms with Gasteiger partial charge >= 0.3 is 21.7 Å². The molecule has 0 heterocycles. The molecule has 0 N–H and O–H groups in total. The van der Waals surface area contributed by atoms with E-state index in [4.69, 9.17) is 0 Å². The van der Waals surface area contributed by atoms with Gasteiger partial charge in [0.1, 0.15) is 0 Å². The molecule has 1 rings (SSSR count). The first kappa shape index (κ1) is 13.1. The topological polar surface area (TPSA) is 26.3 Å². The maximum atomic E-state index is 9.48. The van der Waals surface area contributed by atoms with Gasteiger partial charge in [0, 0.05) is 0 Å². The maximum absolute atomic E-state index is 9.48. The van der Waals surface area contributed by atoms with Crippen LogP contribution in [0.1, 0.15) is 6.42 Å². The van der Waals surface area contributed by atoms with Crippen LogP contribution in [0.15, 0.2) is 18.2 Å². The molecule has 58 valence electrons. The Hall–Kier alpha value is -0.466. The van der Waals surface area contributed by atoms with Crippen molar-refractivity contribution in [3.8, 4) is 0 Å². The van der Waals surface area contributed by atoms with Gasteiger partial charge in [0.15, 0.2) is 5.97 Å². The average Bonchev–Trinajstić information content (AvgIpc) is 2.43. The Kier molecular flexibility index (Phi) is 11.4. The van der Waals surface area contributed by atoms with Crippen LogP contribution in [-0.2, 0) is 31.2 Å². The summed E-state index contributed by atoms with van der Waals surface area (Å²) < 4.78 is 4.00. The molecule has 0 spiro atoms. The third-order valence-electron chi connectivity index (χ3n) is 0.814. The van der Waals surface area contributed by atoms with Gasteiger partial charge in [-0.2, -0.15) is 6.08 Å². The van der Waals surface area contributed by atoms with Gasteiger partial charge in [-0.3, -0.25) is 17.8 Å². The molecule has 3 heteroatoms. The van der Waals surface area contributed by atoms with Crippen LogP contribution in [-0.4, -0.2) is 13.1 Å². The second kappa shape index (κ2) is 9.53. The predicted molar refractivity (Wildman–Crippen MR) is 38.9 cm³/mol. The molecule has 0 saturated heterocycles. The SMILES string of the molecule is [C-]1=CC=CC1.[CH2-]C(=O)OC.[Ti+2]. The largest absolute Gasteiger partial charge is 2.00 e. The standard InChI is InChI=1S/C5H5.C3H5O2.Ti/c1-2-4-5-3-1;1-3(4)5-2;/h1-3H,4H2;1H2,2H3;/q2*-1;+2. The van der Waals surface area contributed by atoms with Gasteiger partial charge in [-0.25, -0.2) is 12.2 Å². The number of hydrogen-bond donors (Lipinski definition) is 0. The van der Waals surface area contributed by atoms with E-state index in [0.717, 1.165) is 6.42 Å². The molecule has 0 saturated carbocycles. The second-order valence-corrected chi connectivity index (χ2v) is 1.58. The Balaban J connectivity index is 0. The van der Waals surface area contributed by atoms with Crippen molar-refractivity contribution < 1.29 is 31.2 Å². The zero-order valence-corrected chi connectivity index (χ0v) is 8.02. The van der Waals surface area contributed by atoms with E-state index in [1.165, 1.54) is 7.11 Å². The van der Waals surface area contributed by atoms with Crippen LogP contribution in [0.4, 0.5) is 0 Å². The quantitative estimate of drug-likeness (QED) is 0.323. The van der Waals surface area contributed by atoms with E-state index in [0.29, 0.717) is 0 Å². The zero-order chi connectivity index (χ0) is 7.82. The molecule has 0 atom stereocenters.